The van der Waals surface area contributed by atoms with Crippen molar-refractivity contribution in [1.82, 2.24) is 15.0 Å². The van der Waals surface area contributed by atoms with Gasteiger partial charge in [0.2, 0.25) is 0 Å². The molecule has 26 heavy (non-hydrogen) atoms. The predicted molar refractivity (Wildman–Crippen MR) is 97.8 cm³/mol. The summed E-state index contributed by atoms with van der Waals surface area (Å²) >= 11 is 5.84. The van der Waals surface area contributed by atoms with Crippen LogP contribution in [0.15, 0.2) is 48.5 Å². The van der Waals surface area contributed by atoms with Crippen molar-refractivity contribution < 1.29 is 14.3 Å². The monoisotopic (exact) mass is 371 g/mol. The summed E-state index contributed by atoms with van der Waals surface area (Å²) in [6, 6.07) is 14.5. The number of benzene rings is 2. The molecule has 0 fully saturated rings. The highest BCUT2D eigenvalue weighted by atomic mass is 35.5. The number of carbonyl (C=O) groups is 1. The van der Waals surface area contributed by atoms with Crippen molar-refractivity contribution in [3.63, 3.8) is 0 Å². The molecule has 7 heteroatoms. The van der Waals surface area contributed by atoms with E-state index in [1.165, 1.54) is 0 Å². The molecule has 0 amide bonds. The number of esters is 1. The largest absolute Gasteiger partial charge is 0.494 e. The maximum absolute atomic E-state index is 12.3. The summed E-state index contributed by atoms with van der Waals surface area (Å²) < 4.78 is 12.3. The second kappa shape index (κ2) is 8.01. The molecule has 6 nitrogen and oxygen atoms in total. The molecule has 0 spiro atoms. The predicted octanol–water partition coefficient (Wildman–Crippen LogP) is 3.98. The van der Waals surface area contributed by atoms with Gasteiger partial charge in [-0.1, -0.05) is 28.9 Å². The average Bonchev–Trinajstić information content (AvgIpc) is 3.03. The van der Waals surface area contributed by atoms with Gasteiger partial charge in [-0.2, -0.15) is 0 Å². The smallest absolute Gasteiger partial charge is 0.361 e. The molecule has 0 aliphatic rings. The van der Waals surface area contributed by atoms with Crippen molar-refractivity contribution in [2.24, 2.45) is 0 Å². The van der Waals surface area contributed by atoms with E-state index in [4.69, 9.17) is 21.1 Å². The van der Waals surface area contributed by atoms with Crippen LogP contribution in [0.1, 0.15) is 28.7 Å². The Morgan fingerprint density at radius 2 is 1.81 bits per heavy atom. The van der Waals surface area contributed by atoms with Gasteiger partial charge >= 0.3 is 5.97 Å². The van der Waals surface area contributed by atoms with Gasteiger partial charge in [0.15, 0.2) is 5.69 Å². The molecule has 134 valence electrons. The van der Waals surface area contributed by atoms with Crippen LogP contribution < -0.4 is 4.74 Å². The van der Waals surface area contributed by atoms with E-state index >= 15 is 0 Å². The van der Waals surface area contributed by atoms with E-state index in [0.717, 1.165) is 17.0 Å². The van der Waals surface area contributed by atoms with E-state index in [0.29, 0.717) is 17.3 Å². The normalized spacial score (nSPS) is 10.6. The SMILES string of the molecule is CCOc1ccc(-n2nnc(C(=O)OCc3ccc(Cl)cc3)c2C)cc1. The zero-order valence-corrected chi connectivity index (χ0v) is 15.2. The van der Waals surface area contributed by atoms with E-state index in [9.17, 15) is 4.79 Å². The van der Waals surface area contributed by atoms with Crippen molar-refractivity contribution in [3.8, 4) is 11.4 Å². The molecule has 0 atom stereocenters. The fourth-order valence-electron chi connectivity index (χ4n) is 2.41. The molecule has 0 aliphatic heterocycles. The Kier molecular flexibility index (Phi) is 5.53. The van der Waals surface area contributed by atoms with Gasteiger partial charge < -0.3 is 9.47 Å². The zero-order valence-electron chi connectivity index (χ0n) is 14.5. The van der Waals surface area contributed by atoms with Crippen molar-refractivity contribution in [2.75, 3.05) is 6.61 Å². The molecule has 0 radical (unpaired) electrons. The van der Waals surface area contributed by atoms with Gasteiger partial charge in [-0.05, 0) is 55.8 Å². The number of aromatic nitrogens is 3. The third-order valence-corrected chi connectivity index (χ3v) is 4.02. The highest BCUT2D eigenvalue weighted by Crippen LogP contribution is 2.18. The van der Waals surface area contributed by atoms with Crippen LogP contribution in [0.2, 0.25) is 5.02 Å². The Balaban J connectivity index is 1.71. The number of nitrogens with zero attached hydrogens (tertiary/aromatic N) is 3. The summed E-state index contributed by atoms with van der Waals surface area (Å²) in [5.74, 6) is 0.256. The number of hydrogen-bond donors (Lipinski definition) is 0. The molecule has 0 unspecified atom stereocenters. The van der Waals surface area contributed by atoms with Gasteiger partial charge in [-0.25, -0.2) is 9.48 Å². The van der Waals surface area contributed by atoms with Crippen LogP contribution in [-0.2, 0) is 11.3 Å². The van der Waals surface area contributed by atoms with E-state index in [1.807, 2.05) is 31.2 Å². The molecule has 3 aromatic rings. The molecular formula is C19H18ClN3O3. The van der Waals surface area contributed by atoms with E-state index in [1.54, 1.807) is 35.9 Å². The first kappa shape index (κ1) is 17.9. The molecule has 2 aromatic carbocycles. The lowest BCUT2D eigenvalue weighted by Crippen LogP contribution is -2.08. The average molecular weight is 372 g/mol. The lowest BCUT2D eigenvalue weighted by Gasteiger charge is -2.07. The van der Waals surface area contributed by atoms with Crippen LogP contribution in [0.3, 0.4) is 0 Å². The first-order valence-electron chi connectivity index (χ1n) is 8.15. The van der Waals surface area contributed by atoms with Crippen molar-refractivity contribution >= 4 is 17.6 Å². The van der Waals surface area contributed by atoms with E-state index in [2.05, 4.69) is 10.3 Å². The summed E-state index contributed by atoms with van der Waals surface area (Å²) in [4.78, 5) is 12.3. The number of rotatable bonds is 6. The minimum atomic E-state index is -0.519. The summed E-state index contributed by atoms with van der Waals surface area (Å²) in [6.07, 6.45) is 0. The van der Waals surface area contributed by atoms with Crippen LogP contribution in [0.5, 0.6) is 5.75 Å². The van der Waals surface area contributed by atoms with Crippen LogP contribution in [0, 0.1) is 6.92 Å². The lowest BCUT2D eigenvalue weighted by molar-refractivity contribution is 0.0464. The van der Waals surface area contributed by atoms with Crippen LogP contribution in [0.25, 0.3) is 5.69 Å². The fourth-order valence-corrected chi connectivity index (χ4v) is 2.54. The van der Waals surface area contributed by atoms with Crippen molar-refractivity contribution in [1.29, 1.82) is 0 Å². The Morgan fingerprint density at radius 1 is 1.12 bits per heavy atom. The van der Waals surface area contributed by atoms with Crippen LogP contribution >= 0.6 is 11.6 Å². The van der Waals surface area contributed by atoms with Gasteiger partial charge in [-0.15, -0.1) is 5.10 Å². The number of halogens is 1. The van der Waals surface area contributed by atoms with Gasteiger partial charge in [-0.3, -0.25) is 0 Å². The standard InChI is InChI=1S/C19H18ClN3O3/c1-3-25-17-10-8-16(9-11-17)23-13(2)18(21-22-23)19(24)26-12-14-4-6-15(20)7-5-14/h4-11H,3,12H2,1-2H3. The third-order valence-electron chi connectivity index (χ3n) is 3.76. The second-order valence-electron chi connectivity index (χ2n) is 5.56. The Bertz CT molecular complexity index is 889. The Hall–Kier alpha value is -2.86. The Morgan fingerprint density at radius 3 is 2.46 bits per heavy atom. The van der Waals surface area contributed by atoms with Crippen LogP contribution in [-0.4, -0.2) is 27.6 Å². The van der Waals surface area contributed by atoms with Crippen molar-refractivity contribution in [3.05, 3.63) is 70.5 Å². The summed E-state index contributed by atoms with van der Waals surface area (Å²) in [6.45, 7) is 4.45. The first-order chi connectivity index (χ1) is 12.6. The zero-order chi connectivity index (χ0) is 18.5. The van der Waals surface area contributed by atoms with Gasteiger partial charge in [0.25, 0.3) is 0 Å². The Labute approximate surface area is 156 Å². The number of hydrogen-bond acceptors (Lipinski definition) is 5. The van der Waals surface area contributed by atoms with Gasteiger partial charge in [0, 0.05) is 5.02 Å². The second-order valence-corrected chi connectivity index (χ2v) is 6.00. The maximum atomic E-state index is 12.3. The van der Waals surface area contributed by atoms with Gasteiger partial charge in [0.1, 0.15) is 12.4 Å². The molecule has 0 N–H and O–H groups in total. The molecule has 3 rings (SSSR count). The van der Waals surface area contributed by atoms with Gasteiger partial charge in [0.05, 0.1) is 18.0 Å². The molecular weight excluding hydrogens is 354 g/mol. The molecule has 0 saturated carbocycles. The summed E-state index contributed by atoms with van der Waals surface area (Å²) in [5, 5.41) is 8.65. The number of ether oxygens (including phenoxy) is 2. The highest BCUT2D eigenvalue weighted by Gasteiger charge is 2.19. The fraction of sp³-hybridized carbons (Fsp3) is 0.211. The highest BCUT2D eigenvalue weighted by molar-refractivity contribution is 6.30. The molecule has 1 aromatic heterocycles. The first-order valence-corrected chi connectivity index (χ1v) is 8.53. The quantitative estimate of drug-likeness (QED) is 0.613. The number of carbonyl (C=O) groups excluding carboxylic acids is 1. The lowest BCUT2D eigenvalue weighted by atomic mass is 10.2. The van der Waals surface area contributed by atoms with E-state index in [-0.39, 0.29) is 12.3 Å². The minimum absolute atomic E-state index is 0.144. The molecule has 0 aliphatic carbocycles. The minimum Gasteiger partial charge on any atom is -0.494 e. The molecule has 1 heterocycles. The summed E-state index contributed by atoms with van der Waals surface area (Å²) in [5.41, 5.74) is 2.43. The van der Waals surface area contributed by atoms with Crippen LogP contribution in [0.4, 0.5) is 0 Å². The maximum Gasteiger partial charge on any atom is 0.361 e. The molecule has 0 bridgehead atoms. The summed E-state index contributed by atoms with van der Waals surface area (Å²) in [7, 11) is 0. The van der Waals surface area contributed by atoms with E-state index < -0.39 is 5.97 Å². The van der Waals surface area contributed by atoms with Crippen molar-refractivity contribution in [2.45, 2.75) is 20.5 Å². The molecule has 0 saturated heterocycles. The topological polar surface area (TPSA) is 66.2 Å². The third kappa shape index (κ3) is 4.03.